The Bertz CT molecular complexity index is 1190. The molecule has 2 aromatic rings. The number of aliphatic hydroxyl groups is 1. The van der Waals surface area contributed by atoms with Crippen molar-refractivity contribution in [1.29, 1.82) is 0 Å². The van der Waals surface area contributed by atoms with Crippen LogP contribution in [0.2, 0.25) is 0 Å². The highest BCUT2D eigenvalue weighted by Gasteiger charge is 2.62. The molecule has 4 rings (SSSR count). The van der Waals surface area contributed by atoms with Gasteiger partial charge < -0.3 is 14.4 Å². The molecule has 0 saturated carbocycles. The first-order valence-electron chi connectivity index (χ1n) is 9.02. The first kappa shape index (κ1) is 23.1. The number of ether oxygens (including phenoxy) is 1. The van der Waals surface area contributed by atoms with Gasteiger partial charge in [-0.15, -0.1) is 0 Å². The molecular formula is C17H15F4N2O7PS. The highest BCUT2D eigenvalue weighted by molar-refractivity contribution is 8.07. The van der Waals surface area contributed by atoms with Gasteiger partial charge in [0.2, 0.25) is 5.82 Å². The summed E-state index contributed by atoms with van der Waals surface area (Å²) in [5.74, 6) is -1.17. The molecular weight excluding hydrogens is 483 g/mol. The molecule has 1 aromatic carbocycles. The second kappa shape index (κ2) is 8.36. The van der Waals surface area contributed by atoms with E-state index in [2.05, 4.69) is 0 Å². The zero-order valence-electron chi connectivity index (χ0n) is 15.8. The number of H-pyrrole nitrogens is 1. The maximum atomic E-state index is 14.8. The van der Waals surface area contributed by atoms with Crippen LogP contribution in [0.1, 0.15) is 11.8 Å². The van der Waals surface area contributed by atoms with E-state index in [4.69, 9.17) is 30.1 Å². The van der Waals surface area contributed by atoms with Crippen LogP contribution in [-0.4, -0.2) is 45.6 Å². The van der Waals surface area contributed by atoms with Crippen LogP contribution in [0.4, 0.5) is 17.6 Å². The Morgan fingerprint density at radius 1 is 1.38 bits per heavy atom. The second-order valence-electron chi connectivity index (χ2n) is 6.99. The van der Waals surface area contributed by atoms with Crippen LogP contribution in [0, 0.1) is 5.82 Å². The fourth-order valence-corrected chi connectivity index (χ4v) is 5.07. The lowest BCUT2D eigenvalue weighted by molar-refractivity contribution is -0.193. The molecule has 2 N–H and O–H groups in total. The number of hydrogen-bond donors (Lipinski definition) is 2. The molecule has 0 bridgehead atoms. The molecule has 0 spiro atoms. The minimum absolute atomic E-state index is 0.0288. The number of para-hydroxylation sites is 1. The number of halogens is 4. The summed E-state index contributed by atoms with van der Waals surface area (Å²) in [6.45, 7) is -4.82. The molecule has 1 saturated heterocycles. The van der Waals surface area contributed by atoms with E-state index in [0.717, 1.165) is 0 Å². The summed E-state index contributed by atoms with van der Waals surface area (Å²) in [6, 6.07) is 6.63. The minimum atomic E-state index is -3.63. The predicted octanol–water partition coefficient (Wildman–Crippen LogP) is 1.76. The zero-order chi connectivity index (χ0) is 23.3. The molecule has 32 heavy (non-hydrogen) atoms. The minimum Gasteiger partial charge on any atom is -0.424 e. The topological polar surface area (TPSA) is 112 Å². The highest BCUT2D eigenvalue weighted by atomic mass is 32.5. The Labute approximate surface area is 181 Å². The molecule has 5 unspecified atom stereocenters. The van der Waals surface area contributed by atoms with E-state index in [1.807, 2.05) is 0 Å². The number of hydrogen-bond acceptors (Lipinski definition) is 8. The van der Waals surface area contributed by atoms with Crippen LogP contribution in [0.25, 0.3) is 0 Å². The average Bonchev–Trinajstić information content (AvgIpc) is 3.01. The standard InChI is InChI=1S/C17H15F4N2O7PS/c18-9-5-23(16(26)22-13(9)25)14-11(19)12(24)17(29-14,15(20)21)7-28-31(32)27-6-8-3-1-2-4-10(8)30-31/h1-5,11-12,14-15,24H,6-7H2,(H,22,25,26). The number of alkyl halides is 3. The van der Waals surface area contributed by atoms with Gasteiger partial charge in [-0.3, -0.25) is 23.4 Å². The monoisotopic (exact) mass is 498 g/mol. The number of benzene rings is 1. The van der Waals surface area contributed by atoms with Gasteiger partial charge in [0.1, 0.15) is 11.9 Å². The van der Waals surface area contributed by atoms with Crippen LogP contribution < -0.4 is 15.8 Å². The predicted molar refractivity (Wildman–Crippen MR) is 103 cm³/mol. The van der Waals surface area contributed by atoms with Crippen molar-refractivity contribution < 1.29 is 41.0 Å². The van der Waals surface area contributed by atoms with Crippen molar-refractivity contribution in [2.45, 2.75) is 37.1 Å². The number of aromatic nitrogens is 2. The van der Waals surface area contributed by atoms with Gasteiger partial charge in [0, 0.05) is 17.4 Å². The Balaban J connectivity index is 1.60. The molecule has 5 atom stereocenters. The van der Waals surface area contributed by atoms with E-state index in [1.54, 1.807) is 29.2 Å². The third-order valence-corrected chi connectivity index (χ3v) is 7.16. The lowest BCUT2D eigenvalue weighted by atomic mass is 9.97. The van der Waals surface area contributed by atoms with Crippen molar-refractivity contribution in [3.63, 3.8) is 0 Å². The van der Waals surface area contributed by atoms with Crippen molar-refractivity contribution >= 4 is 18.5 Å². The molecule has 3 heterocycles. The summed E-state index contributed by atoms with van der Waals surface area (Å²) >= 11 is 5.17. The van der Waals surface area contributed by atoms with Gasteiger partial charge in [-0.2, -0.15) is 4.39 Å². The fourth-order valence-electron chi connectivity index (χ4n) is 3.26. The molecule has 0 aliphatic carbocycles. The Kier molecular flexibility index (Phi) is 6.03. The smallest absolute Gasteiger partial charge is 0.381 e. The van der Waals surface area contributed by atoms with E-state index in [1.165, 1.54) is 0 Å². The largest absolute Gasteiger partial charge is 0.424 e. The number of nitrogens with one attached hydrogen (secondary N) is 1. The zero-order valence-corrected chi connectivity index (χ0v) is 17.5. The average molecular weight is 498 g/mol. The Hall–Kier alpha value is -2.09. The number of nitrogens with zero attached hydrogens (tertiary/aromatic N) is 1. The van der Waals surface area contributed by atoms with Crippen molar-refractivity contribution in [2.75, 3.05) is 6.61 Å². The van der Waals surface area contributed by atoms with Crippen molar-refractivity contribution in [3.05, 3.63) is 62.7 Å². The third kappa shape index (κ3) is 3.91. The van der Waals surface area contributed by atoms with E-state index in [-0.39, 0.29) is 11.2 Å². The maximum absolute atomic E-state index is 14.8. The maximum Gasteiger partial charge on any atom is 0.381 e. The number of fused-ring (bicyclic) bond motifs is 1. The molecule has 0 amide bonds. The summed E-state index contributed by atoms with van der Waals surface area (Å²) in [5, 5.41) is 10.3. The normalized spacial score (nSPS) is 32.0. The molecule has 0 radical (unpaired) electrons. The number of aromatic amines is 1. The molecule has 1 aromatic heterocycles. The van der Waals surface area contributed by atoms with E-state index in [0.29, 0.717) is 17.5 Å². The van der Waals surface area contributed by atoms with Crippen molar-refractivity contribution in [2.24, 2.45) is 0 Å². The van der Waals surface area contributed by atoms with Gasteiger partial charge in [-0.05, 0) is 6.07 Å². The summed E-state index contributed by atoms with van der Waals surface area (Å²) in [6.07, 6.45) is -10.5. The van der Waals surface area contributed by atoms with Crippen molar-refractivity contribution in [3.8, 4) is 5.75 Å². The summed E-state index contributed by atoms with van der Waals surface area (Å²) in [5.41, 5.74) is -5.08. The van der Waals surface area contributed by atoms with Gasteiger partial charge in [0.25, 0.3) is 12.0 Å². The van der Waals surface area contributed by atoms with Crippen LogP contribution >= 0.6 is 6.72 Å². The number of rotatable bonds is 5. The quantitative estimate of drug-likeness (QED) is 0.474. The molecule has 1 fully saturated rings. The van der Waals surface area contributed by atoms with Crippen LogP contribution in [0.15, 0.2) is 40.1 Å². The fraction of sp³-hybridized carbons (Fsp3) is 0.412. The lowest BCUT2D eigenvalue weighted by Gasteiger charge is -2.34. The number of aliphatic hydroxyl groups excluding tert-OH is 1. The van der Waals surface area contributed by atoms with Crippen LogP contribution in [0.3, 0.4) is 0 Å². The van der Waals surface area contributed by atoms with E-state index < -0.39 is 60.9 Å². The van der Waals surface area contributed by atoms with E-state index in [9.17, 15) is 32.3 Å². The Morgan fingerprint density at radius 2 is 2.09 bits per heavy atom. The lowest BCUT2D eigenvalue weighted by Crippen LogP contribution is -2.52. The molecule has 2 aliphatic rings. The van der Waals surface area contributed by atoms with Gasteiger partial charge >= 0.3 is 12.4 Å². The highest BCUT2D eigenvalue weighted by Crippen LogP contribution is 2.56. The molecule has 15 heteroatoms. The van der Waals surface area contributed by atoms with Crippen LogP contribution in [0.5, 0.6) is 5.75 Å². The van der Waals surface area contributed by atoms with Gasteiger partial charge in [-0.1, -0.05) is 18.2 Å². The summed E-state index contributed by atoms with van der Waals surface area (Å²) < 4.78 is 77.8. The second-order valence-corrected chi connectivity index (χ2v) is 9.93. The summed E-state index contributed by atoms with van der Waals surface area (Å²) in [4.78, 5) is 24.7. The first-order valence-corrected chi connectivity index (χ1v) is 11.6. The molecule has 9 nitrogen and oxygen atoms in total. The SMILES string of the molecule is O=c1[nH]c(=O)n(C2OC(COP3(=S)OCc4ccccc4O3)(C(F)F)C(O)C2F)cc1F. The molecule has 2 aliphatic heterocycles. The molecule has 174 valence electrons. The van der Waals surface area contributed by atoms with E-state index >= 15 is 0 Å². The Morgan fingerprint density at radius 3 is 2.81 bits per heavy atom. The van der Waals surface area contributed by atoms with Gasteiger partial charge in [-0.25, -0.2) is 18.0 Å². The third-order valence-electron chi connectivity index (χ3n) is 4.99. The first-order chi connectivity index (χ1) is 15.1. The summed E-state index contributed by atoms with van der Waals surface area (Å²) in [7, 11) is 0. The van der Waals surface area contributed by atoms with Gasteiger partial charge in [0.05, 0.1) is 19.4 Å². The van der Waals surface area contributed by atoms with Crippen molar-refractivity contribution in [1.82, 2.24) is 9.55 Å². The van der Waals surface area contributed by atoms with Gasteiger partial charge in [0.15, 0.2) is 18.0 Å². The van der Waals surface area contributed by atoms with Crippen LogP contribution in [-0.2, 0) is 32.2 Å².